The van der Waals surface area contributed by atoms with Gasteiger partial charge in [-0.1, -0.05) is 22.7 Å². The number of thiophene rings is 2. The van der Waals surface area contributed by atoms with Gasteiger partial charge in [-0.3, -0.25) is 40.5 Å². The summed E-state index contributed by atoms with van der Waals surface area (Å²) < 4.78 is 0. The summed E-state index contributed by atoms with van der Waals surface area (Å²) in [4.78, 5) is 38.9. The largest absolute Gasteiger partial charge is 0.331 e. The monoisotopic (exact) mass is 346 g/mol. The standard InChI is InChI=1S/C8H2N4O8S2/c13-9(14)3-1-5(11(17)18)21-7(3)8-4(10(15)16)2-6(22-8)12(19)20/h1-2H. The molecule has 0 atom stereocenters. The summed E-state index contributed by atoms with van der Waals surface area (Å²) in [5.41, 5.74) is -1.42. The fraction of sp³-hybridized carbons (Fsp3) is 0. The van der Waals surface area contributed by atoms with Crippen molar-refractivity contribution >= 4 is 44.1 Å². The Kier molecular flexibility index (Phi) is 3.79. The quantitative estimate of drug-likeness (QED) is 0.586. The number of rotatable bonds is 5. The van der Waals surface area contributed by atoms with Crippen molar-refractivity contribution in [2.75, 3.05) is 0 Å². The van der Waals surface area contributed by atoms with Crippen molar-refractivity contribution in [3.63, 3.8) is 0 Å². The van der Waals surface area contributed by atoms with Gasteiger partial charge in [-0.15, -0.1) is 0 Å². The molecule has 0 radical (unpaired) electrons. The van der Waals surface area contributed by atoms with Crippen molar-refractivity contribution in [2.24, 2.45) is 0 Å². The highest BCUT2D eigenvalue weighted by molar-refractivity contribution is 7.26. The third-order valence-electron chi connectivity index (χ3n) is 2.36. The van der Waals surface area contributed by atoms with Crippen LogP contribution in [0, 0.1) is 40.5 Å². The maximum atomic E-state index is 10.9. The lowest BCUT2D eigenvalue weighted by atomic mass is 10.3. The zero-order valence-corrected chi connectivity index (χ0v) is 11.7. The minimum Gasteiger partial charge on any atom is -0.258 e. The molecule has 0 aliphatic heterocycles. The first kappa shape index (κ1) is 15.4. The van der Waals surface area contributed by atoms with Gasteiger partial charge in [-0.25, -0.2) is 0 Å². The average molecular weight is 346 g/mol. The Morgan fingerprint density at radius 3 is 1.18 bits per heavy atom. The third-order valence-corrected chi connectivity index (χ3v) is 4.67. The minimum absolute atomic E-state index is 0.348. The van der Waals surface area contributed by atoms with Gasteiger partial charge in [0.2, 0.25) is 0 Å². The van der Waals surface area contributed by atoms with Crippen LogP contribution in [0.15, 0.2) is 12.1 Å². The highest BCUT2D eigenvalue weighted by Gasteiger charge is 2.34. The summed E-state index contributed by atoms with van der Waals surface area (Å²) in [6.45, 7) is 0. The molecular formula is C8H2N4O8S2. The van der Waals surface area contributed by atoms with Gasteiger partial charge in [-0.2, -0.15) is 0 Å². The molecule has 0 saturated carbocycles. The van der Waals surface area contributed by atoms with E-state index >= 15 is 0 Å². The molecule has 0 aromatic carbocycles. The topological polar surface area (TPSA) is 173 Å². The Hall–Kier alpha value is -3.00. The van der Waals surface area contributed by atoms with Crippen molar-refractivity contribution in [1.82, 2.24) is 0 Å². The molecule has 2 aromatic rings. The van der Waals surface area contributed by atoms with Gasteiger partial charge in [0.1, 0.15) is 21.9 Å². The SMILES string of the molecule is O=[N+]([O-])c1cc([N+](=O)[O-])c(-c2sc([N+](=O)[O-])cc2[N+](=O)[O-])s1. The molecule has 0 bridgehead atoms. The maximum absolute atomic E-state index is 10.9. The van der Waals surface area contributed by atoms with Crippen LogP contribution >= 0.6 is 22.7 Å². The zero-order valence-electron chi connectivity index (χ0n) is 10.0. The minimum atomic E-state index is -0.936. The molecule has 0 aliphatic carbocycles. The van der Waals surface area contributed by atoms with E-state index in [4.69, 9.17) is 0 Å². The summed E-state index contributed by atoms with van der Waals surface area (Å²) in [5, 5.41) is 42.1. The molecule has 0 amide bonds. The van der Waals surface area contributed by atoms with E-state index < -0.39 is 41.1 Å². The van der Waals surface area contributed by atoms with Gasteiger partial charge in [0.15, 0.2) is 0 Å². The van der Waals surface area contributed by atoms with E-state index in [0.29, 0.717) is 34.8 Å². The van der Waals surface area contributed by atoms with E-state index in [-0.39, 0.29) is 9.75 Å². The first-order chi connectivity index (χ1) is 10.2. The van der Waals surface area contributed by atoms with E-state index in [2.05, 4.69) is 0 Å². The molecule has 22 heavy (non-hydrogen) atoms. The molecule has 14 heteroatoms. The van der Waals surface area contributed by atoms with Crippen molar-refractivity contribution in [1.29, 1.82) is 0 Å². The van der Waals surface area contributed by atoms with Crippen LogP contribution in [0.2, 0.25) is 0 Å². The van der Waals surface area contributed by atoms with E-state index in [1.165, 1.54) is 0 Å². The Morgan fingerprint density at radius 1 is 0.636 bits per heavy atom. The predicted octanol–water partition coefficient (Wildman–Crippen LogP) is 3.11. The van der Waals surface area contributed by atoms with E-state index in [0.717, 1.165) is 0 Å². The lowest BCUT2D eigenvalue weighted by Gasteiger charge is -1.92. The Bertz CT molecular complexity index is 756. The summed E-state index contributed by atoms with van der Waals surface area (Å²) in [5.74, 6) is 0. The van der Waals surface area contributed by atoms with E-state index in [1.54, 1.807) is 0 Å². The van der Waals surface area contributed by atoms with Crippen molar-refractivity contribution in [2.45, 2.75) is 0 Å². The lowest BCUT2D eigenvalue weighted by Crippen LogP contribution is -1.90. The summed E-state index contributed by atoms with van der Waals surface area (Å²) >= 11 is 0.697. The van der Waals surface area contributed by atoms with Gasteiger partial charge in [0.05, 0.1) is 19.7 Å². The fourth-order valence-corrected chi connectivity index (χ4v) is 3.54. The molecule has 12 nitrogen and oxygen atoms in total. The van der Waals surface area contributed by atoms with Gasteiger partial charge < -0.3 is 0 Å². The number of nitro groups is 4. The smallest absolute Gasteiger partial charge is 0.258 e. The van der Waals surface area contributed by atoms with Gasteiger partial charge in [0.25, 0.3) is 11.4 Å². The zero-order chi connectivity index (χ0) is 16.6. The molecule has 0 aliphatic rings. The Labute approximate surface area is 126 Å². The summed E-state index contributed by atoms with van der Waals surface area (Å²) in [7, 11) is 0. The molecular weight excluding hydrogens is 344 g/mol. The van der Waals surface area contributed by atoms with Crippen LogP contribution in [0.3, 0.4) is 0 Å². The molecule has 2 rings (SSSR count). The number of hydrogen-bond acceptors (Lipinski definition) is 10. The molecule has 0 spiro atoms. The molecule has 0 saturated heterocycles. The summed E-state index contributed by atoms with van der Waals surface area (Å²) in [6.07, 6.45) is 0. The first-order valence-corrected chi connectivity index (χ1v) is 6.71. The van der Waals surface area contributed by atoms with Gasteiger partial charge in [0, 0.05) is 0 Å². The van der Waals surface area contributed by atoms with Crippen LogP contribution in [-0.4, -0.2) is 19.7 Å². The fourth-order valence-electron chi connectivity index (χ4n) is 1.51. The van der Waals surface area contributed by atoms with Crippen LogP contribution in [0.4, 0.5) is 21.4 Å². The molecule has 114 valence electrons. The van der Waals surface area contributed by atoms with E-state index in [9.17, 15) is 40.5 Å². The van der Waals surface area contributed by atoms with Crippen LogP contribution in [0.1, 0.15) is 0 Å². The van der Waals surface area contributed by atoms with Crippen LogP contribution < -0.4 is 0 Å². The number of nitrogens with zero attached hydrogens (tertiary/aromatic N) is 4. The predicted molar refractivity (Wildman–Crippen MR) is 74.2 cm³/mol. The second-order valence-corrected chi connectivity index (χ2v) is 5.69. The average Bonchev–Trinajstić information content (AvgIpc) is 3.02. The lowest BCUT2D eigenvalue weighted by molar-refractivity contribution is -0.391. The van der Waals surface area contributed by atoms with Crippen molar-refractivity contribution < 1.29 is 19.7 Å². The van der Waals surface area contributed by atoms with Crippen LogP contribution in [0.5, 0.6) is 0 Å². The maximum Gasteiger partial charge on any atom is 0.331 e. The Morgan fingerprint density at radius 2 is 0.955 bits per heavy atom. The molecule has 2 aromatic heterocycles. The number of hydrogen-bond donors (Lipinski definition) is 0. The molecule has 0 N–H and O–H groups in total. The molecule has 0 fully saturated rings. The summed E-state index contributed by atoms with van der Waals surface area (Å²) in [6, 6.07) is 1.32. The molecule has 0 unspecified atom stereocenters. The highest BCUT2D eigenvalue weighted by Crippen LogP contribution is 2.50. The normalized spacial score (nSPS) is 10.4. The Balaban J connectivity index is 2.75. The van der Waals surface area contributed by atoms with E-state index in [1.807, 2.05) is 0 Å². The second kappa shape index (κ2) is 5.41. The molecule has 2 heterocycles. The van der Waals surface area contributed by atoms with Crippen LogP contribution in [0.25, 0.3) is 9.75 Å². The first-order valence-electron chi connectivity index (χ1n) is 5.08. The van der Waals surface area contributed by atoms with Gasteiger partial charge in [-0.05, 0) is 0 Å². The van der Waals surface area contributed by atoms with Gasteiger partial charge >= 0.3 is 10.0 Å². The van der Waals surface area contributed by atoms with Crippen molar-refractivity contribution in [3.8, 4) is 9.75 Å². The third kappa shape index (κ3) is 2.59. The highest BCUT2D eigenvalue weighted by atomic mass is 32.1. The van der Waals surface area contributed by atoms with Crippen LogP contribution in [-0.2, 0) is 0 Å². The van der Waals surface area contributed by atoms with Crippen molar-refractivity contribution in [3.05, 3.63) is 52.6 Å². The second-order valence-electron chi connectivity index (χ2n) is 3.63.